The highest BCUT2D eigenvalue weighted by molar-refractivity contribution is 4.86. The number of hydrogen-bond donors (Lipinski definition) is 1. The maximum absolute atomic E-state index is 5.63. The SMILES string of the molecule is CCCCCCCc1nnc(C(C)N)o1. The van der Waals surface area contributed by atoms with Crippen molar-refractivity contribution in [3.63, 3.8) is 0 Å². The predicted octanol–water partition coefficient (Wildman–Crippen LogP) is 2.60. The summed E-state index contributed by atoms with van der Waals surface area (Å²) in [5.41, 5.74) is 5.63. The Kier molecular flexibility index (Phi) is 5.32. The molecule has 4 nitrogen and oxygen atoms in total. The molecule has 4 heteroatoms. The van der Waals surface area contributed by atoms with E-state index >= 15 is 0 Å². The van der Waals surface area contributed by atoms with Crippen LogP contribution in [0.25, 0.3) is 0 Å². The van der Waals surface area contributed by atoms with Crippen LogP contribution in [0.5, 0.6) is 0 Å². The zero-order valence-electron chi connectivity index (χ0n) is 9.70. The number of aromatic nitrogens is 2. The van der Waals surface area contributed by atoms with Gasteiger partial charge in [-0.3, -0.25) is 0 Å². The molecule has 0 fully saturated rings. The van der Waals surface area contributed by atoms with Crippen LogP contribution in [-0.4, -0.2) is 10.2 Å². The summed E-state index contributed by atoms with van der Waals surface area (Å²) < 4.78 is 5.40. The first-order valence-corrected chi connectivity index (χ1v) is 5.82. The number of nitrogens with zero attached hydrogens (tertiary/aromatic N) is 2. The number of rotatable bonds is 7. The molecular weight excluding hydrogens is 190 g/mol. The third kappa shape index (κ3) is 4.42. The molecular formula is C11H21N3O. The molecule has 0 bridgehead atoms. The van der Waals surface area contributed by atoms with Crippen LogP contribution in [0.3, 0.4) is 0 Å². The van der Waals surface area contributed by atoms with Crippen molar-refractivity contribution < 1.29 is 4.42 Å². The van der Waals surface area contributed by atoms with Crippen molar-refractivity contribution in [2.75, 3.05) is 0 Å². The fourth-order valence-corrected chi connectivity index (χ4v) is 1.43. The molecule has 1 heterocycles. The van der Waals surface area contributed by atoms with Gasteiger partial charge in [0.2, 0.25) is 11.8 Å². The van der Waals surface area contributed by atoms with Crippen LogP contribution >= 0.6 is 0 Å². The Labute approximate surface area is 91.3 Å². The topological polar surface area (TPSA) is 64.9 Å². The summed E-state index contributed by atoms with van der Waals surface area (Å²) in [5, 5.41) is 7.85. The lowest BCUT2D eigenvalue weighted by Gasteiger charge is -1.97. The average Bonchev–Trinajstić information content (AvgIpc) is 2.66. The fraction of sp³-hybridized carbons (Fsp3) is 0.818. The van der Waals surface area contributed by atoms with Crippen LogP contribution in [-0.2, 0) is 6.42 Å². The summed E-state index contributed by atoms with van der Waals surface area (Å²) in [6, 6.07) is -0.161. The zero-order valence-corrected chi connectivity index (χ0v) is 9.70. The normalized spacial score (nSPS) is 13.0. The first-order valence-electron chi connectivity index (χ1n) is 5.82. The Morgan fingerprint density at radius 3 is 2.53 bits per heavy atom. The number of nitrogens with two attached hydrogens (primary N) is 1. The molecule has 0 spiro atoms. The molecule has 0 radical (unpaired) electrons. The molecule has 0 aliphatic carbocycles. The molecule has 1 unspecified atom stereocenters. The largest absolute Gasteiger partial charge is 0.424 e. The van der Waals surface area contributed by atoms with Gasteiger partial charge in [-0.05, 0) is 13.3 Å². The van der Waals surface area contributed by atoms with Gasteiger partial charge >= 0.3 is 0 Å². The van der Waals surface area contributed by atoms with Gasteiger partial charge < -0.3 is 10.2 Å². The first-order chi connectivity index (χ1) is 7.24. The van der Waals surface area contributed by atoms with Crippen molar-refractivity contribution in [2.24, 2.45) is 5.73 Å². The molecule has 1 aromatic rings. The van der Waals surface area contributed by atoms with E-state index in [1.54, 1.807) is 0 Å². The van der Waals surface area contributed by atoms with Crippen molar-refractivity contribution in [3.05, 3.63) is 11.8 Å². The minimum absolute atomic E-state index is 0.161. The fourth-order valence-electron chi connectivity index (χ4n) is 1.43. The van der Waals surface area contributed by atoms with E-state index < -0.39 is 0 Å². The summed E-state index contributed by atoms with van der Waals surface area (Å²) in [7, 11) is 0. The molecule has 0 saturated carbocycles. The van der Waals surface area contributed by atoms with Crippen molar-refractivity contribution in [1.82, 2.24) is 10.2 Å². The summed E-state index contributed by atoms with van der Waals surface area (Å²) >= 11 is 0. The lowest BCUT2D eigenvalue weighted by molar-refractivity contribution is 0.420. The summed E-state index contributed by atoms with van der Waals surface area (Å²) in [6.07, 6.45) is 7.13. The van der Waals surface area contributed by atoms with Gasteiger partial charge in [-0.15, -0.1) is 10.2 Å². The van der Waals surface area contributed by atoms with Crippen molar-refractivity contribution in [3.8, 4) is 0 Å². The Hall–Kier alpha value is -0.900. The molecule has 1 aromatic heterocycles. The minimum atomic E-state index is -0.161. The van der Waals surface area contributed by atoms with Crippen molar-refractivity contribution >= 4 is 0 Å². The lowest BCUT2D eigenvalue weighted by Crippen LogP contribution is -2.04. The van der Waals surface area contributed by atoms with Gasteiger partial charge in [0.1, 0.15) is 0 Å². The Bertz CT molecular complexity index is 271. The molecule has 0 aliphatic rings. The number of aryl methyl sites for hydroxylation is 1. The standard InChI is InChI=1S/C11H21N3O/c1-3-4-5-6-7-8-10-13-14-11(15-10)9(2)12/h9H,3-8,12H2,1-2H3. The molecule has 0 aliphatic heterocycles. The predicted molar refractivity (Wildman–Crippen MR) is 59.4 cm³/mol. The van der Waals surface area contributed by atoms with E-state index in [0.717, 1.165) is 18.7 Å². The molecule has 1 rings (SSSR count). The molecule has 2 N–H and O–H groups in total. The van der Waals surface area contributed by atoms with E-state index in [1.807, 2.05) is 6.92 Å². The summed E-state index contributed by atoms with van der Waals surface area (Å²) in [6.45, 7) is 4.06. The van der Waals surface area contributed by atoms with Gasteiger partial charge in [0.05, 0.1) is 6.04 Å². The van der Waals surface area contributed by atoms with Gasteiger partial charge in [0.25, 0.3) is 0 Å². The molecule has 1 atom stereocenters. The zero-order chi connectivity index (χ0) is 11.1. The monoisotopic (exact) mass is 211 g/mol. The highest BCUT2D eigenvalue weighted by Gasteiger charge is 2.08. The number of unbranched alkanes of at least 4 members (excludes halogenated alkanes) is 4. The second-order valence-electron chi connectivity index (χ2n) is 3.99. The molecule has 15 heavy (non-hydrogen) atoms. The third-order valence-electron chi connectivity index (χ3n) is 2.37. The van der Waals surface area contributed by atoms with Crippen LogP contribution in [0.1, 0.15) is 63.8 Å². The first kappa shape index (κ1) is 12.2. The van der Waals surface area contributed by atoms with Gasteiger partial charge in [-0.1, -0.05) is 32.6 Å². The van der Waals surface area contributed by atoms with Gasteiger partial charge in [-0.25, -0.2) is 0 Å². The second-order valence-corrected chi connectivity index (χ2v) is 3.99. The van der Waals surface area contributed by atoms with E-state index in [-0.39, 0.29) is 6.04 Å². The summed E-state index contributed by atoms with van der Waals surface area (Å²) in [4.78, 5) is 0. The van der Waals surface area contributed by atoms with E-state index in [0.29, 0.717) is 5.89 Å². The summed E-state index contributed by atoms with van der Waals surface area (Å²) in [5.74, 6) is 1.26. The Morgan fingerprint density at radius 2 is 1.93 bits per heavy atom. The van der Waals surface area contributed by atoms with E-state index in [4.69, 9.17) is 10.2 Å². The van der Waals surface area contributed by atoms with Crippen LogP contribution in [0, 0.1) is 0 Å². The molecule has 0 aromatic carbocycles. The minimum Gasteiger partial charge on any atom is -0.424 e. The second kappa shape index (κ2) is 6.56. The highest BCUT2D eigenvalue weighted by Crippen LogP contribution is 2.11. The van der Waals surface area contributed by atoms with Crippen LogP contribution < -0.4 is 5.73 Å². The van der Waals surface area contributed by atoms with Crippen LogP contribution in [0.15, 0.2) is 4.42 Å². The lowest BCUT2D eigenvalue weighted by atomic mass is 10.1. The Balaban J connectivity index is 2.20. The van der Waals surface area contributed by atoms with Crippen molar-refractivity contribution in [2.45, 2.75) is 58.4 Å². The smallest absolute Gasteiger partial charge is 0.232 e. The molecule has 0 amide bonds. The van der Waals surface area contributed by atoms with E-state index in [2.05, 4.69) is 17.1 Å². The van der Waals surface area contributed by atoms with Crippen LogP contribution in [0.2, 0.25) is 0 Å². The highest BCUT2D eigenvalue weighted by atomic mass is 16.4. The molecule has 0 saturated heterocycles. The van der Waals surface area contributed by atoms with Crippen molar-refractivity contribution in [1.29, 1.82) is 0 Å². The van der Waals surface area contributed by atoms with Crippen LogP contribution in [0.4, 0.5) is 0 Å². The maximum Gasteiger partial charge on any atom is 0.232 e. The van der Waals surface area contributed by atoms with Gasteiger partial charge in [0, 0.05) is 6.42 Å². The van der Waals surface area contributed by atoms with Gasteiger partial charge in [-0.2, -0.15) is 0 Å². The van der Waals surface area contributed by atoms with E-state index in [1.165, 1.54) is 25.7 Å². The number of hydrogen-bond acceptors (Lipinski definition) is 4. The maximum atomic E-state index is 5.63. The van der Waals surface area contributed by atoms with E-state index in [9.17, 15) is 0 Å². The molecule has 86 valence electrons. The third-order valence-corrected chi connectivity index (χ3v) is 2.37. The Morgan fingerprint density at radius 1 is 1.20 bits per heavy atom. The average molecular weight is 211 g/mol. The quantitative estimate of drug-likeness (QED) is 0.704. The van der Waals surface area contributed by atoms with Gasteiger partial charge in [0.15, 0.2) is 0 Å².